The highest BCUT2D eigenvalue weighted by atomic mass is 16.5. The molecule has 38 heavy (non-hydrogen) atoms. The predicted octanol–water partition coefficient (Wildman–Crippen LogP) is 5.70. The fourth-order valence-corrected chi connectivity index (χ4v) is 5.32. The Labute approximate surface area is 224 Å². The molecule has 0 radical (unpaired) electrons. The van der Waals surface area contributed by atoms with Crippen molar-refractivity contribution in [2.24, 2.45) is 0 Å². The number of carboxylic acid groups (broad SMARTS) is 1. The first-order valence-electron chi connectivity index (χ1n) is 13.1. The second-order valence-corrected chi connectivity index (χ2v) is 10.9. The van der Waals surface area contributed by atoms with Gasteiger partial charge in [0.1, 0.15) is 17.1 Å². The SMILES string of the molecule is CC(C)=CCCC(C)=CCCC1(C)Oc2c(c(O)cc3c2CN([C@@H](C(=O)O)c2ccccc2)C3=O)CC1O. The van der Waals surface area contributed by atoms with Crippen molar-refractivity contribution in [2.75, 3.05) is 0 Å². The van der Waals surface area contributed by atoms with Gasteiger partial charge in [-0.15, -0.1) is 0 Å². The molecule has 2 aromatic rings. The highest BCUT2D eigenvalue weighted by Crippen LogP contribution is 2.47. The number of phenols is 1. The van der Waals surface area contributed by atoms with Gasteiger partial charge >= 0.3 is 5.97 Å². The second kappa shape index (κ2) is 11.0. The largest absolute Gasteiger partial charge is 0.508 e. The lowest BCUT2D eigenvalue weighted by atomic mass is 9.84. The number of phenolic OH excluding ortho intramolecular Hbond substituents is 1. The van der Waals surface area contributed by atoms with Crippen LogP contribution in [0.1, 0.15) is 86.5 Å². The predicted molar refractivity (Wildman–Crippen MR) is 145 cm³/mol. The maximum Gasteiger partial charge on any atom is 0.331 e. The van der Waals surface area contributed by atoms with Gasteiger partial charge in [0.05, 0.1) is 18.2 Å². The number of carbonyl (C=O) groups excluding carboxylic acids is 1. The zero-order valence-electron chi connectivity index (χ0n) is 22.5. The number of hydrogen-bond donors (Lipinski definition) is 3. The molecule has 0 fully saturated rings. The summed E-state index contributed by atoms with van der Waals surface area (Å²) in [4.78, 5) is 26.9. The van der Waals surface area contributed by atoms with Crippen LogP contribution in [0, 0.1) is 0 Å². The number of benzene rings is 2. The Bertz CT molecular complexity index is 1280. The van der Waals surface area contributed by atoms with Gasteiger partial charge < -0.3 is 25.0 Å². The molecule has 2 unspecified atom stereocenters. The second-order valence-electron chi connectivity index (χ2n) is 10.9. The van der Waals surface area contributed by atoms with E-state index in [-0.39, 0.29) is 24.3 Å². The number of aliphatic carboxylic acids is 1. The summed E-state index contributed by atoms with van der Waals surface area (Å²) in [5, 5.41) is 31.8. The third-order valence-electron chi connectivity index (χ3n) is 7.61. The number of allylic oxidation sites excluding steroid dienone is 4. The summed E-state index contributed by atoms with van der Waals surface area (Å²) in [5.41, 5.74) is 3.38. The minimum absolute atomic E-state index is 0.0399. The number of amides is 1. The number of nitrogens with zero attached hydrogens (tertiary/aromatic N) is 1. The topological polar surface area (TPSA) is 107 Å². The van der Waals surface area contributed by atoms with Crippen LogP contribution in [0.2, 0.25) is 0 Å². The molecule has 7 heteroatoms. The van der Waals surface area contributed by atoms with Crippen LogP contribution in [0.15, 0.2) is 59.7 Å². The van der Waals surface area contributed by atoms with Crippen molar-refractivity contribution in [2.45, 2.75) is 84.1 Å². The Morgan fingerprint density at radius 1 is 1.16 bits per heavy atom. The van der Waals surface area contributed by atoms with E-state index in [1.807, 2.05) is 6.92 Å². The van der Waals surface area contributed by atoms with E-state index in [4.69, 9.17) is 4.74 Å². The summed E-state index contributed by atoms with van der Waals surface area (Å²) in [6.07, 6.45) is 6.96. The molecule has 0 saturated carbocycles. The Hall–Kier alpha value is -3.58. The van der Waals surface area contributed by atoms with Crippen molar-refractivity contribution in [3.05, 3.63) is 82.0 Å². The standard InChI is InChI=1S/C31H37NO6/c1-19(2)10-8-11-20(3)12-9-15-31(4)26(34)17-23-25(33)16-22-24(28(23)38-31)18-32(29(22)35)27(30(36)37)21-13-6-5-7-14-21/h5-7,10,12-14,16,26-27,33-34H,8-9,11,15,17-18H2,1-4H3,(H,36,37)/t26?,27-,31?/m1/s1. The van der Waals surface area contributed by atoms with E-state index < -0.39 is 29.6 Å². The third-order valence-corrected chi connectivity index (χ3v) is 7.61. The van der Waals surface area contributed by atoms with Gasteiger partial charge in [-0.1, -0.05) is 53.6 Å². The molecule has 2 heterocycles. The fraction of sp³-hybridized carbons (Fsp3) is 0.419. The molecule has 7 nitrogen and oxygen atoms in total. The number of hydrogen-bond acceptors (Lipinski definition) is 5. The van der Waals surface area contributed by atoms with Crippen LogP contribution < -0.4 is 4.74 Å². The van der Waals surface area contributed by atoms with Crippen molar-refractivity contribution in [3.8, 4) is 11.5 Å². The molecular weight excluding hydrogens is 482 g/mol. The van der Waals surface area contributed by atoms with Gasteiger partial charge in [-0.2, -0.15) is 0 Å². The minimum atomic E-state index is -1.17. The number of ether oxygens (including phenoxy) is 1. The zero-order valence-corrected chi connectivity index (χ0v) is 22.5. The van der Waals surface area contributed by atoms with Crippen LogP contribution in [0.3, 0.4) is 0 Å². The van der Waals surface area contributed by atoms with E-state index in [0.717, 1.165) is 12.8 Å². The van der Waals surface area contributed by atoms with E-state index in [9.17, 15) is 24.9 Å². The van der Waals surface area contributed by atoms with Crippen molar-refractivity contribution >= 4 is 11.9 Å². The van der Waals surface area contributed by atoms with Crippen molar-refractivity contribution in [1.82, 2.24) is 4.90 Å². The minimum Gasteiger partial charge on any atom is -0.508 e. The Balaban J connectivity index is 1.59. The number of rotatable bonds is 9. The van der Waals surface area contributed by atoms with Gasteiger partial charge in [0.25, 0.3) is 5.91 Å². The van der Waals surface area contributed by atoms with Crippen LogP contribution in [0.4, 0.5) is 0 Å². The molecule has 202 valence electrons. The zero-order chi connectivity index (χ0) is 27.6. The number of aromatic hydroxyl groups is 1. The molecule has 2 aromatic carbocycles. The number of fused-ring (bicyclic) bond motifs is 3. The number of aliphatic hydroxyl groups excluding tert-OH is 1. The molecule has 0 aromatic heterocycles. The number of carbonyl (C=O) groups is 2. The fourth-order valence-electron chi connectivity index (χ4n) is 5.32. The van der Waals surface area contributed by atoms with Gasteiger partial charge in [0.2, 0.25) is 0 Å². The van der Waals surface area contributed by atoms with E-state index in [1.165, 1.54) is 22.1 Å². The van der Waals surface area contributed by atoms with Gasteiger partial charge in [-0.3, -0.25) is 4.79 Å². The first kappa shape index (κ1) is 27.5. The van der Waals surface area contributed by atoms with Crippen LogP contribution >= 0.6 is 0 Å². The molecule has 1 amide bonds. The molecule has 2 aliphatic heterocycles. The van der Waals surface area contributed by atoms with Gasteiger partial charge in [-0.25, -0.2) is 4.79 Å². The molecule has 0 saturated heterocycles. The van der Waals surface area contributed by atoms with Crippen LogP contribution in [-0.2, 0) is 17.8 Å². The Kier molecular flexibility index (Phi) is 7.97. The van der Waals surface area contributed by atoms with Crippen LogP contribution in [0.25, 0.3) is 0 Å². The number of aliphatic hydroxyl groups is 1. The summed E-state index contributed by atoms with van der Waals surface area (Å²) in [6, 6.07) is 8.83. The quantitative estimate of drug-likeness (QED) is 0.367. The third kappa shape index (κ3) is 5.48. The normalized spacial score (nSPS) is 21.4. The lowest BCUT2D eigenvalue weighted by Gasteiger charge is -2.41. The van der Waals surface area contributed by atoms with Crippen LogP contribution in [0.5, 0.6) is 11.5 Å². The average molecular weight is 520 g/mol. The molecule has 2 aliphatic rings. The summed E-state index contributed by atoms with van der Waals surface area (Å²) >= 11 is 0. The van der Waals surface area contributed by atoms with Gasteiger partial charge in [0.15, 0.2) is 6.04 Å². The average Bonchev–Trinajstić information content (AvgIpc) is 3.16. The Morgan fingerprint density at radius 2 is 1.87 bits per heavy atom. The molecule has 0 aliphatic carbocycles. The molecule has 3 atom stereocenters. The van der Waals surface area contributed by atoms with Gasteiger partial charge in [-0.05, 0) is 65.0 Å². The highest BCUT2D eigenvalue weighted by Gasteiger charge is 2.46. The maximum absolute atomic E-state index is 13.4. The lowest BCUT2D eigenvalue weighted by molar-refractivity contribution is -0.142. The van der Waals surface area contributed by atoms with Crippen molar-refractivity contribution in [3.63, 3.8) is 0 Å². The first-order chi connectivity index (χ1) is 18.0. The molecule has 0 spiro atoms. The number of carboxylic acids is 1. The molecule has 0 bridgehead atoms. The summed E-state index contributed by atoms with van der Waals surface area (Å²) in [7, 11) is 0. The van der Waals surface area contributed by atoms with Gasteiger partial charge in [0, 0.05) is 17.5 Å². The van der Waals surface area contributed by atoms with Crippen LogP contribution in [-0.4, -0.2) is 43.8 Å². The smallest absolute Gasteiger partial charge is 0.331 e. The van der Waals surface area contributed by atoms with E-state index in [1.54, 1.807) is 30.3 Å². The summed E-state index contributed by atoms with van der Waals surface area (Å²) in [5.74, 6) is -1.36. The lowest BCUT2D eigenvalue weighted by Crippen LogP contribution is -2.49. The summed E-state index contributed by atoms with van der Waals surface area (Å²) in [6.45, 7) is 8.17. The van der Waals surface area contributed by atoms with Crippen molar-refractivity contribution < 1.29 is 29.6 Å². The monoisotopic (exact) mass is 519 g/mol. The highest BCUT2D eigenvalue weighted by molar-refractivity contribution is 6.02. The first-order valence-corrected chi connectivity index (χ1v) is 13.1. The summed E-state index contributed by atoms with van der Waals surface area (Å²) < 4.78 is 6.42. The molecule has 3 N–H and O–H groups in total. The van der Waals surface area contributed by atoms with Crippen molar-refractivity contribution in [1.29, 1.82) is 0 Å². The van der Waals surface area contributed by atoms with E-state index in [2.05, 4.69) is 32.9 Å². The molecular formula is C31H37NO6. The Morgan fingerprint density at radius 3 is 2.53 bits per heavy atom. The maximum atomic E-state index is 13.4. The van der Waals surface area contributed by atoms with E-state index in [0.29, 0.717) is 35.3 Å². The molecule has 4 rings (SSSR count). The van der Waals surface area contributed by atoms with E-state index >= 15 is 0 Å².